The van der Waals surface area contributed by atoms with Crippen LogP contribution in [0.3, 0.4) is 0 Å². The molecule has 1 amide bonds. The molecule has 2 aromatic heterocycles. The van der Waals surface area contributed by atoms with Crippen LogP contribution in [0, 0.1) is 0 Å². The van der Waals surface area contributed by atoms with Gasteiger partial charge in [0.15, 0.2) is 0 Å². The van der Waals surface area contributed by atoms with Crippen LogP contribution in [0.5, 0.6) is 0 Å². The van der Waals surface area contributed by atoms with Gasteiger partial charge in [-0.25, -0.2) is 0 Å². The summed E-state index contributed by atoms with van der Waals surface area (Å²) >= 11 is 1.71. The SMILES string of the molecule is Cl.N[C@@H]1CCN(C(=O)c2cccn2Cc2cccs2)C1. The molecule has 0 unspecified atom stereocenters. The quantitative estimate of drug-likeness (QED) is 0.944. The van der Waals surface area contributed by atoms with Crippen LogP contribution in [-0.2, 0) is 6.54 Å². The minimum absolute atomic E-state index is 0. The Balaban J connectivity index is 0.00000147. The number of rotatable bonds is 3. The predicted octanol–water partition coefficient (Wildman–Crippen LogP) is 2.19. The lowest BCUT2D eigenvalue weighted by Gasteiger charge is -2.17. The summed E-state index contributed by atoms with van der Waals surface area (Å²) in [4.78, 5) is 15.6. The molecule has 108 valence electrons. The Morgan fingerprint density at radius 2 is 2.25 bits per heavy atom. The molecular weight excluding hydrogens is 294 g/mol. The third-order valence-electron chi connectivity index (χ3n) is 3.47. The van der Waals surface area contributed by atoms with Gasteiger partial charge >= 0.3 is 0 Å². The second-order valence-electron chi connectivity index (χ2n) is 4.90. The molecule has 0 aliphatic carbocycles. The predicted molar refractivity (Wildman–Crippen MR) is 83.6 cm³/mol. The Bertz CT molecular complexity index is 567. The number of amides is 1. The summed E-state index contributed by atoms with van der Waals surface area (Å²) in [5.41, 5.74) is 6.62. The van der Waals surface area contributed by atoms with Crippen molar-refractivity contribution in [2.45, 2.75) is 19.0 Å². The minimum atomic E-state index is 0. The van der Waals surface area contributed by atoms with Crippen LogP contribution in [0.2, 0.25) is 0 Å². The van der Waals surface area contributed by atoms with E-state index in [1.807, 2.05) is 33.9 Å². The zero-order valence-corrected chi connectivity index (χ0v) is 12.7. The highest BCUT2D eigenvalue weighted by Crippen LogP contribution is 2.16. The van der Waals surface area contributed by atoms with E-state index in [4.69, 9.17) is 5.73 Å². The van der Waals surface area contributed by atoms with Gasteiger partial charge in [0.05, 0.1) is 6.54 Å². The number of hydrogen-bond donors (Lipinski definition) is 1. The van der Waals surface area contributed by atoms with Gasteiger partial charge < -0.3 is 15.2 Å². The summed E-state index contributed by atoms with van der Waals surface area (Å²) in [6, 6.07) is 8.07. The first-order chi connectivity index (χ1) is 9.24. The Morgan fingerprint density at radius 1 is 1.40 bits per heavy atom. The zero-order chi connectivity index (χ0) is 13.2. The first-order valence-electron chi connectivity index (χ1n) is 6.46. The molecule has 1 fully saturated rings. The number of hydrogen-bond acceptors (Lipinski definition) is 3. The molecule has 1 atom stereocenters. The van der Waals surface area contributed by atoms with Crippen LogP contribution < -0.4 is 5.73 Å². The molecule has 20 heavy (non-hydrogen) atoms. The molecule has 6 heteroatoms. The van der Waals surface area contributed by atoms with E-state index in [0.717, 1.165) is 25.2 Å². The first-order valence-corrected chi connectivity index (χ1v) is 7.34. The molecule has 1 saturated heterocycles. The number of thiophene rings is 1. The molecule has 2 aromatic rings. The molecule has 2 N–H and O–H groups in total. The molecule has 0 saturated carbocycles. The van der Waals surface area contributed by atoms with Gasteiger partial charge in [-0.2, -0.15) is 0 Å². The highest BCUT2D eigenvalue weighted by Gasteiger charge is 2.26. The Labute approximate surface area is 128 Å². The van der Waals surface area contributed by atoms with Crippen LogP contribution in [0.15, 0.2) is 35.8 Å². The highest BCUT2D eigenvalue weighted by atomic mass is 35.5. The van der Waals surface area contributed by atoms with Gasteiger partial charge in [-0.3, -0.25) is 4.79 Å². The van der Waals surface area contributed by atoms with Crippen LogP contribution in [0.25, 0.3) is 0 Å². The van der Waals surface area contributed by atoms with Gasteiger partial charge in [0.1, 0.15) is 5.69 Å². The Hall–Kier alpha value is -1.30. The number of carbonyl (C=O) groups is 1. The molecule has 0 bridgehead atoms. The van der Waals surface area contributed by atoms with Gasteiger partial charge in [0.2, 0.25) is 0 Å². The van der Waals surface area contributed by atoms with Crippen molar-refractivity contribution in [1.82, 2.24) is 9.47 Å². The van der Waals surface area contributed by atoms with Crippen LogP contribution in [0.1, 0.15) is 21.8 Å². The van der Waals surface area contributed by atoms with Gasteiger partial charge in [-0.1, -0.05) is 6.07 Å². The topological polar surface area (TPSA) is 51.3 Å². The van der Waals surface area contributed by atoms with E-state index >= 15 is 0 Å². The second kappa shape index (κ2) is 6.43. The monoisotopic (exact) mass is 311 g/mol. The minimum Gasteiger partial charge on any atom is -0.338 e. The highest BCUT2D eigenvalue weighted by molar-refractivity contribution is 7.09. The summed E-state index contributed by atoms with van der Waals surface area (Å²) in [7, 11) is 0. The number of carbonyl (C=O) groups excluding carboxylic acids is 1. The smallest absolute Gasteiger partial charge is 0.270 e. The molecule has 0 radical (unpaired) electrons. The molecule has 3 heterocycles. The Kier molecular flexibility index (Phi) is 4.86. The van der Waals surface area contributed by atoms with Crippen molar-refractivity contribution in [3.8, 4) is 0 Å². The summed E-state index contributed by atoms with van der Waals surface area (Å²) in [6.45, 7) is 2.19. The summed E-state index contributed by atoms with van der Waals surface area (Å²) in [6.07, 6.45) is 2.86. The summed E-state index contributed by atoms with van der Waals surface area (Å²) in [5, 5.41) is 2.06. The molecule has 4 nitrogen and oxygen atoms in total. The largest absolute Gasteiger partial charge is 0.338 e. The number of aromatic nitrogens is 1. The van der Waals surface area contributed by atoms with Crippen molar-refractivity contribution in [2.75, 3.05) is 13.1 Å². The van der Waals surface area contributed by atoms with Crippen LogP contribution in [-0.4, -0.2) is 34.5 Å². The lowest BCUT2D eigenvalue weighted by atomic mass is 10.3. The van der Waals surface area contributed by atoms with E-state index in [1.165, 1.54) is 4.88 Å². The molecule has 0 spiro atoms. The second-order valence-corrected chi connectivity index (χ2v) is 5.93. The lowest BCUT2D eigenvalue weighted by Crippen LogP contribution is -2.33. The summed E-state index contributed by atoms with van der Waals surface area (Å²) in [5.74, 6) is 0.0921. The van der Waals surface area contributed by atoms with E-state index in [0.29, 0.717) is 6.54 Å². The summed E-state index contributed by atoms with van der Waals surface area (Å²) < 4.78 is 2.01. The van der Waals surface area contributed by atoms with Crippen molar-refractivity contribution in [1.29, 1.82) is 0 Å². The van der Waals surface area contributed by atoms with Gasteiger partial charge in [-0.05, 0) is 30.0 Å². The van der Waals surface area contributed by atoms with Crippen molar-refractivity contribution in [2.24, 2.45) is 5.73 Å². The average Bonchev–Trinajstić information content (AvgIpc) is 3.10. The van der Waals surface area contributed by atoms with Crippen molar-refractivity contribution in [3.63, 3.8) is 0 Å². The fourth-order valence-corrected chi connectivity index (χ4v) is 3.15. The molecule has 0 aromatic carbocycles. The van der Waals surface area contributed by atoms with E-state index < -0.39 is 0 Å². The fourth-order valence-electron chi connectivity index (χ4n) is 2.45. The van der Waals surface area contributed by atoms with Crippen molar-refractivity contribution >= 4 is 29.7 Å². The normalized spacial score (nSPS) is 18.1. The molecule has 1 aliphatic heterocycles. The maximum atomic E-state index is 12.5. The first kappa shape index (κ1) is 15.1. The van der Waals surface area contributed by atoms with E-state index in [-0.39, 0.29) is 24.4 Å². The van der Waals surface area contributed by atoms with E-state index in [9.17, 15) is 4.79 Å². The Morgan fingerprint density at radius 3 is 2.90 bits per heavy atom. The van der Waals surface area contributed by atoms with Crippen molar-refractivity contribution < 1.29 is 4.79 Å². The number of nitrogens with two attached hydrogens (primary N) is 1. The molecular formula is C14H18ClN3OS. The number of likely N-dealkylation sites (tertiary alicyclic amines) is 1. The lowest BCUT2D eigenvalue weighted by molar-refractivity contribution is 0.0780. The standard InChI is InChI=1S/C14H17N3OS.ClH/c15-11-5-7-17(9-11)14(18)13-4-1-6-16(13)10-12-3-2-8-19-12;/h1-4,6,8,11H,5,7,9-10,15H2;1H/t11-;/m1./s1. The number of nitrogens with zero attached hydrogens (tertiary/aromatic N) is 2. The fraction of sp³-hybridized carbons (Fsp3) is 0.357. The van der Waals surface area contributed by atoms with Gasteiger partial charge in [0, 0.05) is 30.2 Å². The van der Waals surface area contributed by atoms with Gasteiger partial charge in [-0.15, -0.1) is 23.7 Å². The zero-order valence-electron chi connectivity index (χ0n) is 11.1. The third kappa shape index (κ3) is 3.06. The average molecular weight is 312 g/mol. The maximum Gasteiger partial charge on any atom is 0.270 e. The van der Waals surface area contributed by atoms with E-state index in [2.05, 4.69) is 11.4 Å². The molecule has 1 aliphatic rings. The van der Waals surface area contributed by atoms with Crippen molar-refractivity contribution in [3.05, 3.63) is 46.4 Å². The van der Waals surface area contributed by atoms with Gasteiger partial charge in [0.25, 0.3) is 5.91 Å². The van der Waals surface area contributed by atoms with E-state index in [1.54, 1.807) is 11.3 Å². The van der Waals surface area contributed by atoms with Crippen LogP contribution in [0.4, 0.5) is 0 Å². The maximum absolute atomic E-state index is 12.5. The van der Waals surface area contributed by atoms with Crippen LogP contribution >= 0.6 is 23.7 Å². The molecule has 3 rings (SSSR count). The number of halogens is 1. The third-order valence-corrected chi connectivity index (χ3v) is 4.33.